The zero-order chi connectivity index (χ0) is 12.3. The molecule has 88 valence electrons. The normalized spacial score (nSPS) is 12.2. The van der Waals surface area contributed by atoms with E-state index in [1.165, 1.54) is 13.2 Å². The van der Waals surface area contributed by atoms with Crippen LogP contribution in [0.4, 0.5) is 0 Å². The van der Waals surface area contributed by atoms with E-state index in [0.717, 1.165) is 6.07 Å². The number of carbonyl (C=O) groups excluding carboxylic acids is 1. The van der Waals surface area contributed by atoms with Gasteiger partial charge in [0.15, 0.2) is 0 Å². The van der Waals surface area contributed by atoms with Crippen LogP contribution in [0, 0.1) is 0 Å². The molecule has 5 heteroatoms. The molecule has 1 unspecified atom stereocenters. The third kappa shape index (κ3) is 2.25. The van der Waals surface area contributed by atoms with Crippen molar-refractivity contribution in [2.45, 2.75) is 12.8 Å². The molecule has 0 saturated heterocycles. The Kier molecular flexibility index (Phi) is 3.73. The van der Waals surface area contributed by atoms with Crippen molar-refractivity contribution < 1.29 is 24.9 Å². The van der Waals surface area contributed by atoms with Gasteiger partial charge in [0.2, 0.25) is 0 Å². The molecule has 0 saturated carbocycles. The number of phenols is 2. The summed E-state index contributed by atoms with van der Waals surface area (Å²) in [6, 6.07) is 2.38. The maximum Gasteiger partial charge on any atom is 0.341 e. The van der Waals surface area contributed by atoms with Gasteiger partial charge in [-0.1, -0.05) is 6.92 Å². The van der Waals surface area contributed by atoms with E-state index in [0.29, 0.717) is 5.56 Å². The fraction of sp³-hybridized carbons (Fsp3) is 0.364. The average molecular weight is 226 g/mol. The Hall–Kier alpha value is -1.75. The van der Waals surface area contributed by atoms with E-state index in [-0.39, 0.29) is 29.6 Å². The van der Waals surface area contributed by atoms with Gasteiger partial charge >= 0.3 is 5.97 Å². The molecule has 0 bridgehead atoms. The second-order valence-corrected chi connectivity index (χ2v) is 3.50. The number of aliphatic hydroxyl groups excluding tert-OH is 1. The summed E-state index contributed by atoms with van der Waals surface area (Å²) in [6.45, 7) is 1.52. The Morgan fingerprint density at radius 3 is 2.50 bits per heavy atom. The van der Waals surface area contributed by atoms with Crippen LogP contribution in [-0.4, -0.2) is 35.0 Å². The van der Waals surface area contributed by atoms with E-state index in [9.17, 15) is 15.0 Å². The molecule has 0 spiro atoms. The summed E-state index contributed by atoms with van der Waals surface area (Å²) in [5.41, 5.74) is 0.358. The van der Waals surface area contributed by atoms with Crippen LogP contribution in [0.2, 0.25) is 0 Å². The van der Waals surface area contributed by atoms with Crippen LogP contribution < -0.4 is 0 Å². The molecule has 0 radical (unpaired) electrons. The Labute approximate surface area is 92.9 Å². The number of phenolic OH excluding ortho intramolecular Hbond substituents is 2. The van der Waals surface area contributed by atoms with Crippen LogP contribution in [0.15, 0.2) is 12.1 Å². The molecule has 16 heavy (non-hydrogen) atoms. The van der Waals surface area contributed by atoms with Crippen LogP contribution in [0.25, 0.3) is 0 Å². The summed E-state index contributed by atoms with van der Waals surface area (Å²) < 4.78 is 4.48. The number of hydrogen-bond acceptors (Lipinski definition) is 5. The molecule has 1 atom stereocenters. The third-order valence-corrected chi connectivity index (χ3v) is 2.36. The van der Waals surface area contributed by atoms with Crippen molar-refractivity contribution in [1.82, 2.24) is 0 Å². The lowest BCUT2D eigenvalue weighted by Gasteiger charge is -2.13. The Balaban J connectivity index is 3.26. The highest BCUT2D eigenvalue weighted by molar-refractivity contribution is 5.93. The van der Waals surface area contributed by atoms with Crippen molar-refractivity contribution in [2.24, 2.45) is 0 Å². The van der Waals surface area contributed by atoms with Crippen molar-refractivity contribution in [1.29, 1.82) is 0 Å². The zero-order valence-corrected chi connectivity index (χ0v) is 9.10. The van der Waals surface area contributed by atoms with E-state index in [4.69, 9.17) is 5.11 Å². The lowest BCUT2D eigenvalue weighted by atomic mass is 9.98. The quantitative estimate of drug-likeness (QED) is 0.669. The number of benzene rings is 1. The van der Waals surface area contributed by atoms with Crippen molar-refractivity contribution in [3.8, 4) is 11.5 Å². The van der Waals surface area contributed by atoms with E-state index < -0.39 is 5.97 Å². The molecule has 1 aromatic carbocycles. The van der Waals surface area contributed by atoms with Crippen LogP contribution in [0.1, 0.15) is 28.8 Å². The molecule has 1 rings (SSSR count). The zero-order valence-electron chi connectivity index (χ0n) is 9.10. The number of hydrogen-bond donors (Lipinski definition) is 3. The lowest BCUT2D eigenvalue weighted by molar-refractivity contribution is 0.0597. The molecule has 0 aliphatic carbocycles. The van der Waals surface area contributed by atoms with Gasteiger partial charge in [0.05, 0.1) is 7.11 Å². The number of methoxy groups -OCH3 is 1. The second kappa shape index (κ2) is 4.85. The predicted octanol–water partition coefficient (Wildman–Crippen LogP) is 0.980. The lowest BCUT2D eigenvalue weighted by Crippen LogP contribution is -2.05. The predicted molar refractivity (Wildman–Crippen MR) is 56.6 cm³/mol. The average Bonchev–Trinajstić information content (AvgIpc) is 2.27. The highest BCUT2D eigenvalue weighted by Crippen LogP contribution is 2.32. The van der Waals surface area contributed by atoms with Gasteiger partial charge in [-0.3, -0.25) is 0 Å². The third-order valence-electron chi connectivity index (χ3n) is 2.36. The minimum Gasteiger partial charge on any atom is -0.508 e. The minimum absolute atomic E-state index is 0.0319. The molecule has 0 aromatic heterocycles. The molecular formula is C11H14O5. The number of ether oxygens (including phenoxy) is 1. The van der Waals surface area contributed by atoms with Gasteiger partial charge in [0.1, 0.15) is 17.1 Å². The van der Waals surface area contributed by atoms with Gasteiger partial charge < -0.3 is 20.1 Å². The molecular weight excluding hydrogens is 212 g/mol. The molecule has 0 aliphatic rings. The first-order valence-electron chi connectivity index (χ1n) is 4.76. The molecule has 1 aromatic rings. The fourth-order valence-corrected chi connectivity index (χ4v) is 1.36. The summed E-state index contributed by atoms with van der Waals surface area (Å²) in [5, 5.41) is 28.0. The molecule has 0 heterocycles. The first kappa shape index (κ1) is 12.3. The van der Waals surface area contributed by atoms with E-state index in [2.05, 4.69) is 4.74 Å². The number of rotatable bonds is 3. The summed E-state index contributed by atoms with van der Waals surface area (Å²) in [5.74, 6) is -1.53. The largest absolute Gasteiger partial charge is 0.508 e. The van der Waals surface area contributed by atoms with Crippen LogP contribution in [0.3, 0.4) is 0 Å². The highest BCUT2D eigenvalue weighted by Gasteiger charge is 2.18. The number of esters is 1. The van der Waals surface area contributed by atoms with Gasteiger partial charge in [-0.25, -0.2) is 4.79 Å². The molecule has 0 fully saturated rings. The maximum absolute atomic E-state index is 11.3. The fourth-order valence-electron chi connectivity index (χ4n) is 1.36. The highest BCUT2D eigenvalue weighted by atomic mass is 16.5. The summed E-state index contributed by atoms with van der Waals surface area (Å²) >= 11 is 0. The van der Waals surface area contributed by atoms with Crippen molar-refractivity contribution >= 4 is 5.97 Å². The second-order valence-electron chi connectivity index (χ2n) is 3.50. The minimum atomic E-state index is -0.691. The smallest absolute Gasteiger partial charge is 0.341 e. The molecule has 0 aliphatic heterocycles. The Morgan fingerprint density at radius 1 is 1.38 bits per heavy atom. The van der Waals surface area contributed by atoms with Crippen molar-refractivity contribution in [2.75, 3.05) is 13.7 Å². The number of carbonyl (C=O) groups is 1. The molecule has 0 amide bonds. The van der Waals surface area contributed by atoms with Gasteiger partial charge in [0.25, 0.3) is 0 Å². The standard InChI is InChI=1S/C11H14O5/c1-6(5-12)7-3-8(11(15)16-2)10(14)4-9(7)13/h3-4,6,12-14H,5H2,1-2H3. The van der Waals surface area contributed by atoms with Gasteiger partial charge in [0, 0.05) is 24.2 Å². The first-order valence-corrected chi connectivity index (χ1v) is 4.76. The molecule has 5 nitrogen and oxygen atoms in total. The van der Waals surface area contributed by atoms with Crippen LogP contribution in [-0.2, 0) is 4.74 Å². The molecule has 3 N–H and O–H groups in total. The first-order chi connectivity index (χ1) is 7.51. The van der Waals surface area contributed by atoms with Gasteiger partial charge in [-0.15, -0.1) is 0 Å². The SMILES string of the molecule is COC(=O)c1cc(C(C)CO)c(O)cc1O. The summed E-state index contributed by atoms with van der Waals surface area (Å²) in [7, 11) is 1.20. The van der Waals surface area contributed by atoms with Gasteiger partial charge in [-0.2, -0.15) is 0 Å². The van der Waals surface area contributed by atoms with Crippen LogP contribution in [0.5, 0.6) is 11.5 Å². The van der Waals surface area contributed by atoms with E-state index in [1.54, 1.807) is 6.92 Å². The van der Waals surface area contributed by atoms with E-state index >= 15 is 0 Å². The Morgan fingerprint density at radius 2 is 2.00 bits per heavy atom. The van der Waals surface area contributed by atoms with Crippen LogP contribution >= 0.6 is 0 Å². The monoisotopic (exact) mass is 226 g/mol. The van der Waals surface area contributed by atoms with E-state index in [1.807, 2.05) is 0 Å². The summed E-state index contributed by atoms with van der Waals surface area (Å²) in [4.78, 5) is 11.3. The number of aliphatic hydroxyl groups is 1. The maximum atomic E-state index is 11.3. The number of aromatic hydroxyl groups is 2. The van der Waals surface area contributed by atoms with Crippen molar-refractivity contribution in [3.05, 3.63) is 23.3 Å². The van der Waals surface area contributed by atoms with Crippen molar-refractivity contribution in [3.63, 3.8) is 0 Å². The summed E-state index contributed by atoms with van der Waals surface area (Å²) in [6.07, 6.45) is 0. The van der Waals surface area contributed by atoms with Gasteiger partial charge in [-0.05, 0) is 6.07 Å². The topological polar surface area (TPSA) is 87.0 Å². The Bertz CT molecular complexity index is 400.